The van der Waals surface area contributed by atoms with Crippen molar-refractivity contribution in [1.82, 2.24) is 9.55 Å². The minimum absolute atomic E-state index is 0.513. The number of hydrogen-bond donors (Lipinski definition) is 0. The van der Waals surface area contributed by atoms with Gasteiger partial charge in [-0.15, -0.1) is 0 Å². The Balaban J connectivity index is 1.80. The van der Waals surface area contributed by atoms with Crippen LogP contribution in [0, 0.1) is 6.92 Å². The molecule has 1 aromatic heterocycles. The van der Waals surface area contributed by atoms with Crippen molar-refractivity contribution >= 4 is 0 Å². The zero-order valence-corrected chi connectivity index (χ0v) is 14.3. The van der Waals surface area contributed by atoms with Gasteiger partial charge in [0, 0.05) is 24.5 Å². The van der Waals surface area contributed by atoms with Crippen molar-refractivity contribution < 1.29 is 9.47 Å². The molecule has 24 heavy (non-hydrogen) atoms. The maximum atomic E-state index is 5.93. The molecule has 3 rings (SSSR count). The van der Waals surface area contributed by atoms with E-state index in [2.05, 4.69) is 47.7 Å². The molecule has 4 nitrogen and oxygen atoms in total. The van der Waals surface area contributed by atoms with Crippen LogP contribution in [-0.4, -0.2) is 16.7 Å². The summed E-state index contributed by atoms with van der Waals surface area (Å²) in [6, 6.07) is 14.3. The fraction of sp³-hybridized carbons (Fsp3) is 0.250. The Kier molecular flexibility index (Phi) is 4.85. The molecule has 0 saturated heterocycles. The van der Waals surface area contributed by atoms with Crippen molar-refractivity contribution in [3.05, 3.63) is 66.0 Å². The Labute approximate surface area is 142 Å². The number of methoxy groups -OCH3 is 1. The van der Waals surface area contributed by atoms with Gasteiger partial charge >= 0.3 is 0 Å². The molecule has 2 aromatic carbocycles. The van der Waals surface area contributed by atoms with E-state index < -0.39 is 0 Å². The summed E-state index contributed by atoms with van der Waals surface area (Å²) in [7, 11) is 1.66. The summed E-state index contributed by atoms with van der Waals surface area (Å²) in [5.41, 5.74) is 3.39. The van der Waals surface area contributed by atoms with E-state index in [0.717, 1.165) is 29.2 Å². The Morgan fingerprint density at radius 3 is 2.54 bits per heavy atom. The lowest BCUT2D eigenvalue weighted by Crippen LogP contribution is -1.99. The van der Waals surface area contributed by atoms with E-state index in [9.17, 15) is 0 Å². The van der Waals surface area contributed by atoms with Gasteiger partial charge in [-0.3, -0.25) is 0 Å². The van der Waals surface area contributed by atoms with Crippen LogP contribution in [0.2, 0.25) is 0 Å². The molecule has 0 bridgehead atoms. The lowest BCUT2D eigenvalue weighted by atomic mass is 10.1. The first kappa shape index (κ1) is 16.1. The van der Waals surface area contributed by atoms with Crippen molar-refractivity contribution in [2.75, 3.05) is 7.11 Å². The molecule has 1 heterocycles. The molecule has 0 fully saturated rings. The molecular weight excluding hydrogens is 300 g/mol. The molecule has 0 N–H and O–H groups in total. The third kappa shape index (κ3) is 3.43. The molecule has 0 saturated carbocycles. The van der Waals surface area contributed by atoms with Crippen LogP contribution >= 0.6 is 0 Å². The van der Waals surface area contributed by atoms with Gasteiger partial charge in [0.2, 0.25) is 0 Å². The van der Waals surface area contributed by atoms with E-state index in [0.29, 0.717) is 12.4 Å². The second-order valence-electron chi connectivity index (χ2n) is 5.68. The highest BCUT2D eigenvalue weighted by molar-refractivity contribution is 5.61. The van der Waals surface area contributed by atoms with Crippen LogP contribution in [0.4, 0.5) is 0 Å². The largest absolute Gasteiger partial charge is 0.493 e. The molecule has 0 amide bonds. The number of benzene rings is 2. The molecule has 0 aliphatic heterocycles. The van der Waals surface area contributed by atoms with Crippen LogP contribution in [0.5, 0.6) is 11.5 Å². The van der Waals surface area contributed by atoms with Crippen LogP contribution in [0.1, 0.15) is 18.1 Å². The zero-order chi connectivity index (χ0) is 16.9. The second kappa shape index (κ2) is 7.21. The topological polar surface area (TPSA) is 36.3 Å². The first-order valence-corrected chi connectivity index (χ1v) is 8.09. The highest BCUT2D eigenvalue weighted by Crippen LogP contribution is 2.32. The quantitative estimate of drug-likeness (QED) is 0.672. The minimum atomic E-state index is 0.513. The average molecular weight is 322 g/mol. The lowest BCUT2D eigenvalue weighted by Gasteiger charge is -2.13. The Morgan fingerprint density at radius 2 is 1.83 bits per heavy atom. The molecule has 4 heteroatoms. The summed E-state index contributed by atoms with van der Waals surface area (Å²) in [6.07, 6.45) is 3.79. The van der Waals surface area contributed by atoms with Crippen LogP contribution < -0.4 is 9.47 Å². The predicted molar refractivity (Wildman–Crippen MR) is 95.4 cm³/mol. The van der Waals surface area contributed by atoms with E-state index in [1.54, 1.807) is 7.11 Å². The van der Waals surface area contributed by atoms with Gasteiger partial charge in [0.15, 0.2) is 11.5 Å². The summed E-state index contributed by atoms with van der Waals surface area (Å²) in [5, 5.41) is 0. The van der Waals surface area contributed by atoms with Crippen molar-refractivity contribution in [2.24, 2.45) is 0 Å². The molecular formula is C20H22N2O2. The van der Waals surface area contributed by atoms with Crippen molar-refractivity contribution in [1.29, 1.82) is 0 Å². The number of ether oxygens (including phenoxy) is 2. The van der Waals surface area contributed by atoms with Crippen LogP contribution in [-0.2, 0) is 13.2 Å². The van der Waals surface area contributed by atoms with Gasteiger partial charge in [-0.2, -0.15) is 0 Å². The summed E-state index contributed by atoms with van der Waals surface area (Å²) in [4.78, 5) is 4.43. The molecule has 3 aromatic rings. The summed E-state index contributed by atoms with van der Waals surface area (Å²) in [6.45, 7) is 5.57. The molecule has 0 unspecified atom stereocenters. The summed E-state index contributed by atoms with van der Waals surface area (Å²) >= 11 is 0. The van der Waals surface area contributed by atoms with Crippen LogP contribution in [0.15, 0.2) is 54.9 Å². The summed E-state index contributed by atoms with van der Waals surface area (Å²) in [5.74, 6) is 2.38. The minimum Gasteiger partial charge on any atom is -0.493 e. The van der Waals surface area contributed by atoms with Crippen LogP contribution in [0.3, 0.4) is 0 Å². The third-order valence-corrected chi connectivity index (χ3v) is 3.99. The highest BCUT2D eigenvalue weighted by Gasteiger charge is 2.10. The van der Waals surface area contributed by atoms with E-state index in [1.165, 1.54) is 5.56 Å². The number of hydrogen-bond acceptors (Lipinski definition) is 3. The van der Waals surface area contributed by atoms with E-state index in [-0.39, 0.29) is 0 Å². The molecule has 0 aliphatic carbocycles. The maximum absolute atomic E-state index is 5.93. The number of aromatic nitrogens is 2. The van der Waals surface area contributed by atoms with Crippen LogP contribution in [0.25, 0.3) is 11.4 Å². The normalized spacial score (nSPS) is 10.6. The van der Waals surface area contributed by atoms with E-state index >= 15 is 0 Å². The Morgan fingerprint density at radius 1 is 1.04 bits per heavy atom. The maximum Gasteiger partial charge on any atom is 0.161 e. The third-order valence-electron chi connectivity index (χ3n) is 3.99. The Bertz CT molecular complexity index is 807. The highest BCUT2D eigenvalue weighted by atomic mass is 16.5. The van der Waals surface area contributed by atoms with Gasteiger partial charge in [-0.05, 0) is 37.6 Å². The molecule has 0 spiro atoms. The van der Waals surface area contributed by atoms with Gasteiger partial charge in [-0.25, -0.2) is 4.98 Å². The molecule has 0 atom stereocenters. The predicted octanol–water partition coefficient (Wildman–Crippen LogP) is 4.47. The zero-order valence-electron chi connectivity index (χ0n) is 14.3. The van der Waals surface area contributed by atoms with Gasteiger partial charge in [0.05, 0.1) is 7.11 Å². The SMILES string of the molecule is CCn1ccnc1-c1ccc(OCc2ccc(C)cc2)c(OC)c1. The summed E-state index contributed by atoms with van der Waals surface area (Å²) < 4.78 is 13.5. The van der Waals surface area contributed by atoms with Crippen molar-refractivity contribution in [3.8, 4) is 22.9 Å². The van der Waals surface area contributed by atoms with Gasteiger partial charge < -0.3 is 14.0 Å². The first-order chi connectivity index (χ1) is 11.7. The monoisotopic (exact) mass is 322 g/mol. The molecule has 0 aliphatic rings. The lowest BCUT2D eigenvalue weighted by molar-refractivity contribution is 0.284. The van der Waals surface area contributed by atoms with Crippen molar-refractivity contribution in [2.45, 2.75) is 27.0 Å². The fourth-order valence-electron chi connectivity index (χ4n) is 2.60. The van der Waals surface area contributed by atoms with E-state index in [1.807, 2.05) is 30.6 Å². The first-order valence-electron chi connectivity index (χ1n) is 8.09. The molecule has 0 radical (unpaired) electrons. The van der Waals surface area contributed by atoms with Crippen molar-refractivity contribution in [3.63, 3.8) is 0 Å². The number of rotatable bonds is 6. The average Bonchev–Trinajstić information content (AvgIpc) is 3.10. The van der Waals surface area contributed by atoms with Gasteiger partial charge in [0.1, 0.15) is 12.4 Å². The Hall–Kier alpha value is -2.75. The molecule has 124 valence electrons. The number of nitrogens with zero attached hydrogens (tertiary/aromatic N) is 2. The van der Waals surface area contributed by atoms with Gasteiger partial charge in [0.25, 0.3) is 0 Å². The standard InChI is InChI=1S/C20H22N2O2/c1-4-22-12-11-21-20(22)17-9-10-18(19(13-17)23-3)24-14-16-7-5-15(2)6-8-16/h5-13H,4,14H2,1-3H3. The smallest absolute Gasteiger partial charge is 0.161 e. The second-order valence-corrected chi connectivity index (χ2v) is 5.68. The number of imidazole rings is 1. The van der Waals surface area contributed by atoms with Gasteiger partial charge in [-0.1, -0.05) is 29.8 Å². The number of aryl methyl sites for hydroxylation is 2. The van der Waals surface area contributed by atoms with E-state index in [4.69, 9.17) is 9.47 Å². The fourth-order valence-corrected chi connectivity index (χ4v) is 2.60.